The van der Waals surface area contributed by atoms with Gasteiger partial charge in [-0.25, -0.2) is 0 Å². The first-order valence-corrected chi connectivity index (χ1v) is 6.51. The average molecular weight is 267 g/mol. The van der Waals surface area contributed by atoms with E-state index in [1.54, 1.807) is 13.1 Å². The third-order valence-corrected chi connectivity index (χ3v) is 3.69. The van der Waals surface area contributed by atoms with Crippen LogP contribution in [-0.2, 0) is 4.79 Å². The van der Waals surface area contributed by atoms with Gasteiger partial charge in [0.05, 0.1) is 11.6 Å². The van der Waals surface area contributed by atoms with Crippen LogP contribution in [0.1, 0.15) is 24.4 Å². The SMILES string of the molecule is CNC1C(=O)Nc2cc(OCC3CC3)c(Cl)cc21. The number of nitrogens with one attached hydrogen (secondary N) is 2. The van der Waals surface area contributed by atoms with Gasteiger partial charge in [0.25, 0.3) is 0 Å². The molecule has 1 saturated carbocycles. The molecule has 0 saturated heterocycles. The van der Waals surface area contributed by atoms with Crippen molar-refractivity contribution < 1.29 is 9.53 Å². The minimum absolute atomic E-state index is 0.0529. The van der Waals surface area contributed by atoms with Crippen LogP contribution < -0.4 is 15.4 Å². The molecule has 1 aromatic rings. The number of hydrogen-bond donors (Lipinski definition) is 2. The topological polar surface area (TPSA) is 50.4 Å². The largest absolute Gasteiger partial charge is 0.492 e. The molecule has 96 valence electrons. The monoisotopic (exact) mass is 266 g/mol. The average Bonchev–Trinajstić information content (AvgIpc) is 3.10. The molecule has 1 amide bonds. The zero-order valence-corrected chi connectivity index (χ0v) is 10.9. The molecule has 1 unspecified atom stereocenters. The number of anilines is 1. The van der Waals surface area contributed by atoms with Crippen molar-refractivity contribution >= 4 is 23.2 Å². The molecular weight excluding hydrogens is 252 g/mol. The summed E-state index contributed by atoms with van der Waals surface area (Å²) in [5.41, 5.74) is 1.67. The first kappa shape index (κ1) is 11.8. The molecule has 1 heterocycles. The molecule has 0 radical (unpaired) electrons. The van der Waals surface area contributed by atoms with Gasteiger partial charge in [0, 0.05) is 17.3 Å². The Bertz CT molecular complexity index is 500. The summed E-state index contributed by atoms with van der Waals surface area (Å²) in [5.74, 6) is 1.27. The van der Waals surface area contributed by atoms with Gasteiger partial charge >= 0.3 is 0 Å². The number of carbonyl (C=O) groups excluding carboxylic acids is 1. The van der Waals surface area contributed by atoms with Crippen LogP contribution in [0.5, 0.6) is 5.75 Å². The molecule has 4 nitrogen and oxygen atoms in total. The van der Waals surface area contributed by atoms with Crippen molar-refractivity contribution in [2.45, 2.75) is 18.9 Å². The highest BCUT2D eigenvalue weighted by atomic mass is 35.5. The maximum Gasteiger partial charge on any atom is 0.246 e. The third-order valence-electron chi connectivity index (χ3n) is 3.40. The molecule has 2 aliphatic rings. The Balaban J connectivity index is 1.86. The Kier molecular flexibility index (Phi) is 2.92. The van der Waals surface area contributed by atoms with Gasteiger partial charge in [-0.15, -0.1) is 0 Å². The predicted octanol–water partition coefficient (Wildman–Crippen LogP) is 2.34. The summed E-state index contributed by atoms with van der Waals surface area (Å²) >= 11 is 6.19. The number of ether oxygens (including phenoxy) is 1. The summed E-state index contributed by atoms with van der Waals surface area (Å²) in [4.78, 5) is 11.7. The third kappa shape index (κ3) is 2.06. The maximum atomic E-state index is 11.7. The highest BCUT2D eigenvalue weighted by molar-refractivity contribution is 6.32. The van der Waals surface area contributed by atoms with Gasteiger partial charge in [0.1, 0.15) is 11.8 Å². The number of halogens is 1. The quantitative estimate of drug-likeness (QED) is 0.880. The maximum absolute atomic E-state index is 11.7. The fourth-order valence-electron chi connectivity index (χ4n) is 2.15. The Labute approximate surface area is 111 Å². The first-order valence-electron chi connectivity index (χ1n) is 6.13. The molecule has 18 heavy (non-hydrogen) atoms. The molecule has 1 aliphatic heterocycles. The van der Waals surface area contributed by atoms with Gasteiger partial charge in [0.2, 0.25) is 5.91 Å². The zero-order chi connectivity index (χ0) is 12.7. The van der Waals surface area contributed by atoms with Crippen LogP contribution in [0, 0.1) is 5.92 Å². The number of hydrogen-bond acceptors (Lipinski definition) is 3. The first-order chi connectivity index (χ1) is 8.69. The molecule has 1 aliphatic carbocycles. The molecular formula is C13H15ClN2O2. The standard InChI is InChI=1S/C13H15ClN2O2/c1-15-12-8-4-9(14)11(18-6-7-2-3-7)5-10(8)16-13(12)17/h4-5,7,12,15H,2-3,6H2,1H3,(H,16,17). The molecule has 0 aromatic heterocycles. The fraction of sp³-hybridized carbons (Fsp3) is 0.462. The number of fused-ring (bicyclic) bond motifs is 1. The normalized spacial score (nSPS) is 21.7. The second kappa shape index (κ2) is 4.44. The molecule has 1 fully saturated rings. The Hall–Kier alpha value is -1.26. The number of benzene rings is 1. The van der Waals surface area contributed by atoms with Crippen molar-refractivity contribution in [3.63, 3.8) is 0 Å². The molecule has 1 atom stereocenters. The van der Waals surface area contributed by atoms with Gasteiger partial charge in [-0.1, -0.05) is 11.6 Å². The second-order valence-corrected chi connectivity index (χ2v) is 5.24. The van der Waals surface area contributed by atoms with Crippen molar-refractivity contribution in [3.05, 3.63) is 22.7 Å². The lowest BCUT2D eigenvalue weighted by Gasteiger charge is -2.11. The highest BCUT2D eigenvalue weighted by Gasteiger charge is 2.30. The van der Waals surface area contributed by atoms with Crippen LogP contribution in [-0.4, -0.2) is 19.6 Å². The minimum atomic E-state index is -0.324. The lowest BCUT2D eigenvalue weighted by atomic mass is 10.1. The number of likely N-dealkylation sites (N-methyl/N-ethyl adjacent to an activating group) is 1. The van der Waals surface area contributed by atoms with Crippen LogP contribution in [0.4, 0.5) is 5.69 Å². The number of carbonyl (C=O) groups is 1. The summed E-state index contributed by atoms with van der Waals surface area (Å²) < 4.78 is 5.69. The van der Waals surface area contributed by atoms with Crippen LogP contribution in [0.3, 0.4) is 0 Å². The fourth-order valence-corrected chi connectivity index (χ4v) is 2.38. The van der Waals surface area contributed by atoms with Crippen molar-refractivity contribution in [1.82, 2.24) is 5.32 Å². The highest BCUT2D eigenvalue weighted by Crippen LogP contribution is 2.39. The zero-order valence-electron chi connectivity index (χ0n) is 10.1. The van der Waals surface area contributed by atoms with Crippen molar-refractivity contribution in [3.8, 4) is 5.75 Å². The second-order valence-electron chi connectivity index (χ2n) is 4.84. The smallest absolute Gasteiger partial charge is 0.246 e. The van der Waals surface area contributed by atoms with E-state index in [4.69, 9.17) is 16.3 Å². The number of rotatable bonds is 4. The van der Waals surface area contributed by atoms with E-state index in [2.05, 4.69) is 10.6 Å². The summed E-state index contributed by atoms with van der Waals surface area (Å²) in [5, 5.41) is 6.36. The van der Waals surface area contributed by atoms with E-state index in [9.17, 15) is 4.79 Å². The Morgan fingerprint density at radius 1 is 1.50 bits per heavy atom. The van der Waals surface area contributed by atoms with E-state index in [0.29, 0.717) is 23.3 Å². The van der Waals surface area contributed by atoms with Gasteiger partial charge in [-0.05, 0) is 31.9 Å². The number of amides is 1. The molecule has 5 heteroatoms. The van der Waals surface area contributed by atoms with Crippen LogP contribution in [0.2, 0.25) is 5.02 Å². The van der Waals surface area contributed by atoms with E-state index in [-0.39, 0.29) is 11.9 Å². The van der Waals surface area contributed by atoms with E-state index < -0.39 is 0 Å². The van der Waals surface area contributed by atoms with Gasteiger partial charge in [0.15, 0.2) is 0 Å². The van der Waals surface area contributed by atoms with E-state index in [0.717, 1.165) is 11.3 Å². The minimum Gasteiger partial charge on any atom is -0.492 e. The lowest BCUT2D eigenvalue weighted by molar-refractivity contribution is -0.117. The molecule has 2 N–H and O–H groups in total. The summed E-state index contributed by atoms with van der Waals surface area (Å²) in [6.45, 7) is 0.710. The predicted molar refractivity (Wildman–Crippen MR) is 70.1 cm³/mol. The van der Waals surface area contributed by atoms with Gasteiger partial charge in [-0.2, -0.15) is 0 Å². The van der Waals surface area contributed by atoms with Crippen LogP contribution in [0.25, 0.3) is 0 Å². The van der Waals surface area contributed by atoms with E-state index in [1.165, 1.54) is 12.8 Å². The summed E-state index contributed by atoms with van der Waals surface area (Å²) in [6.07, 6.45) is 2.47. The van der Waals surface area contributed by atoms with Gasteiger partial charge < -0.3 is 15.4 Å². The molecule has 1 aromatic carbocycles. The van der Waals surface area contributed by atoms with Gasteiger partial charge in [-0.3, -0.25) is 4.79 Å². The van der Waals surface area contributed by atoms with E-state index >= 15 is 0 Å². The lowest BCUT2D eigenvalue weighted by Crippen LogP contribution is -2.23. The van der Waals surface area contributed by atoms with Crippen LogP contribution in [0.15, 0.2) is 12.1 Å². The summed E-state index contributed by atoms with van der Waals surface area (Å²) in [7, 11) is 1.75. The van der Waals surface area contributed by atoms with Crippen LogP contribution >= 0.6 is 11.6 Å². The molecule has 0 spiro atoms. The molecule has 0 bridgehead atoms. The van der Waals surface area contributed by atoms with Crippen molar-refractivity contribution in [1.29, 1.82) is 0 Å². The van der Waals surface area contributed by atoms with Crippen molar-refractivity contribution in [2.24, 2.45) is 5.92 Å². The Morgan fingerprint density at radius 2 is 2.28 bits per heavy atom. The summed E-state index contributed by atoms with van der Waals surface area (Å²) in [6, 6.07) is 3.29. The van der Waals surface area contributed by atoms with E-state index in [1.807, 2.05) is 6.07 Å². The Morgan fingerprint density at radius 3 is 2.94 bits per heavy atom. The molecule has 3 rings (SSSR count). The van der Waals surface area contributed by atoms with Crippen molar-refractivity contribution in [2.75, 3.05) is 19.0 Å².